The lowest BCUT2D eigenvalue weighted by Crippen LogP contribution is -2.75. The molecular weight excluding hydrogens is 648 g/mol. The van der Waals surface area contributed by atoms with Crippen LogP contribution in [0.1, 0.15) is 75.2 Å². The maximum absolute atomic E-state index is 13.9. The van der Waals surface area contributed by atoms with Crippen molar-refractivity contribution in [2.75, 3.05) is 46.5 Å². The lowest BCUT2D eigenvalue weighted by atomic mass is 9.79. The number of methoxy groups -OCH3 is 1. The van der Waals surface area contributed by atoms with E-state index in [1.807, 2.05) is 38.1 Å². The zero-order chi connectivity index (χ0) is 34.3. The average Bonchev–Trinajstić information content (AvgIpc) is 3.10. The van der Waals surface area contributed by atoms with Crippen LogP contribution < -0.4 is 20.1 Å². The second-order valence-electron chi connectivity index (χ2n) is 13.8. The fourth-order valence-electron chi connectivity index (χ4n) is 6.96. The van der Waals surface area contributed by atoms with Crippen molar-refractivity contribution in [1.82, 2.24) is 20.4 Å². The quantitative estimate of drug-likeness (QED) is 0.278. The third-order valence-electron chi connectivity index (χ3n) is 9.92. The molecule has 0 aromatic heterocycles. The van der Waals surface area contributed by atoms with Crippen molar-refractivity contribution in [2.24, 2.45) is 11.8 Å². The van der Waals surface area contributed by atoms with Gasteiger partial charge in [-0.25, -0.2) is 0 Å². The number of likely N-dealkylation sites (tertiary alicyclic amines) is 1. The highest BCUT2D eigenvalue weighted by Crippen LogP contribution is 2.36. The van der Waals surface area contributed by atoms with Crippen molar-refractivity contribution in [2.45, 2.75) is 83.5 Å². The Morgan fingerprint density at radius 2 is 1.78 bits per heavy atom. The maximum atomic E-state index is 13.9. The molecular formula is C37H53ClN4O7. The normalized spacial score (nSPS) is 20.4. The van der Waals surface area contributed by atoms with Crippen LogP contribution in [0.2, 0.25) is 0 Å². The van der Waals surface area contributed by atoms with Crippen molar-refractivity contribution >= 4 is 30.1 Å². The van der Waals surface area contributed by atoms with E-state index in [1.54, 1.807) is 30.2 Å². The predicted molar refractivity (Wildman–Crippen MR) is 189 cm³/mol. The third kappa shape index (κ3) is 9.05. The second-order valence-corrected chi connectivity index (χ2v) is 13.8. The number of ether oxygens (including phenoxy) is 3. The number of halogens is 1. The van der Waals surface area contributed by atoms with E-state index < -0.39 is 17.7 Å². The van der Waals surface area contributed by atoms with Crippen molar-refractivity contribution in [3.05, 3.63) is 53.6 Å². The molecule has 2 aromatic rings. The van der Waals surface area contributed by atoms with E-state index in [9.17, 15) is 19.5 Å². The number of piperazine rings is 1. The Labute approximate surface area is 296 Å². The number of aliphatic hydroxyl groups excluding tert-OH is 1. The first-order chi connectivity index (χ1) is 23.1. The van der Waals surface area contributed by atoms with Gasteiger partial charge in [0.2, 0.25) is 11.8 Å². The molecule has 49 heavy (non-hydrogen) atoms. The summed E-state index contributed by atoms with van der Waals surface area (Å²) in [4.78, 5) is 44.3. The van der Waals surface area contributed by atoms with Gasteiger partial charge in [-0.3, -0.25) is 19.3 Å². The van der Waals surface area contributed by atoms with E-state index in [-0.39, 0.29) is 36.0 Å². The SMILES string of the molecule is CCCCN1C(=O)[C@@H](C(O)C2CCOCC2)NC(=O)C12CCN(Cc1ccc(Oc3ccc(C(=O)NCC(C)C)cc3OC)cc1)CC2.Cl. The maximum Gasteiger partial charge on any atom is 0.251 e. The highest BCUT2D eigenvalue weighted by Gasteiger charge is 2.55. The van der Waals surface area contributed by atoms with Crippen LogP contribution in [0.3, 0.4) is 0 Å². The number of hydrogen-bond donors (Lipinski definition) is 3. The van der Waals surface area contributed by atoms with Gasteiger partial charge in [0.05, 0.1) is 13.2 Å². The van der Waals surface area contributed by atoms with Crippen LogP contribution in [0.4, 0.5) is 0 Å². The van der Waals surface area contributed by atoms with Crippen LogP contribution in [0.25, 0.3) is 0 Å². The first-order valence-electron chi connectivity index (χ1n) is 17.5. The second kappa shape index (κ2) is 17.5. The van der Waals surface area contributed by atoms with Gasteiger partial charge in [0.25, 0.3) is 5.91 Å². The van der Waals surface area contributed by atoms with E-state index in [2.05, 4.69) is 22.5 Å². The molecule has 11 nitrogen and oxygen atoms in total. The lowest BCUT2D eigenvalue weighted by Gasteiger charge is -2.52. The third-order valence-corrected chi connectivity index (χ3v) is 9.92. The van der Waals surface area contributed by atoms with Gasteiger partial charge >= 0.3 is 0 Å². The van der Waals surface area contributed by atoms with Gasteiger partial charge in [0, 0.05) is 51.5 Å². The smallest absolute Gasteiger partial charge is 0.251 e. The molecule has 0 saturated carbocycles. The molecule has 0 bridgehead atoms. The van der Waals surface area contributed by atoms with E-state index in [0.717, 1.165) is 18.4 Å². The zero-order valence-corrected chi connectivity index (χ0v) is 30.1. The molecule has 12 heteroatoms. The van der Waals surface area contributed by atoms with E-state index in [4.69, 9.17) is 14.2 Å². The molecule has 3 fully saturated rings. The topological polar surface area (TPSA) is 130 Å². The van der Waals surface area contributed by atoms with Gasteiger partial charge in [-0.05, 0) is 79.8 Å². The molecule has 3 amide bonds. The Morgan fingerprint density at radius 3 is 2.41 bits per heavy atom. The molecule has 1 unspecified atom stereocenters. The summed E-state index contributed by atoms with van der Waals surface area (Å²) < 4.78 is 17.1. The van der Waals surface area contributed by atoms with Gasteiger partial charge in [-0.15, -0.1) is 12.4 Å². The molecule has 270 valence electrons. The summed E-state index contributed by atoms with van der Waals surface area (Å²) in [7, 11) is 1.55. The number of piperidine rings is 1. The van der Waals surface area contributed by atoms with Crippen molar-refractivity contribution in [1.29, 1.82) is 0 Å². The van der Waals surface area contributed by atoms with Crippen LogP contribution in [0.15, 0.2) is 42.5 Å². The molecule has 3 aliphatic heterocycles. The molecule has 0 radical (unpaired) electrons. The Kier molecular flexibility index (Phi) is 13.7. The minimum absolute atomic E-state index is 0. The Morgan fingerprint density at radius 1 is 1.08 bits per heavy atom. The molecule has 3 heterocycles. The summed E-state index contributed by atoms with van der Waals surface area (Å²) >= 11 is 0. The fourth-order valence-corrected chi connectivity index (χ4v) is 6.96. The number of benzene rings is 2. The number of carbonyl (C=O) groups excluding carboxylic acids is 3. The summed E-state index contributed by atoms with van der Waals surface area (Å²) in [5.74, 6) is 1.47. The lowest BCUT2D eigenvalue weighted by molar-refractivity contribution is -0.166. The average molecular weight is 701 g/mol. The Balaban J connectivity index is 0.00000541. The standard InChI is InChI=1S/C37H52N4O7.ClH/c1-5-6-17-41-35(44)32(33(42)27-13-20-47-21-14-27)39-36(45)37(41)15-18-40(19-16-37)24-26-7-10-29(11-8-26)48-30-12-9-28(22-31(30)46-4)34(43)38-23-25(2)3;/h7-12,22,25,27,32-33,42H,5-6,13-21,23-24H2,1-4H3,(H,38,43)(H,39,45);1H/t32-,33?;/m1./s1. The van der Waals surface area contributed by atoms with Crippen molar-refractivity contribution < 1.29 is 33.7 Å². The van der Waals surface area contributed by atoms with Crippen LogP contribution in [0.5, 0.6) is 17.2 Å². The van der Waals surface area contributed by atoms with Gasteiger partial charge in [0.15, 0.2) is 11.5 Å². The number of nitrogens with one attached hydrogen (secondary N) is 2. The van der Waals surface area contributed by atoms with Crippen LogP contribution in [-0.2, 0) is 20.9 Å². The van der Waals surface area contributed by atoms with E-state index in [1.165, 1.54) is 0 Å². The van der Waals surface area contributed by atoms with Gasteiger partial charge < -0.3 is 34.9 Å². The summed E-state index contributed by atoms with van der Waals surface area (Å²) in [6, 6.07) is 12.1. The highest BCUT2D eigenvalue weighted by molar-refractivity contribution is 6.00. The molecule has 5 rings (SSSR count). The number of nitrogens with zero attached hydrogens (tertiary/aromatic N) is 2. The molecule has 3 N–H and O–H groups in total. The van der Waals surface area contributed by atoms with Crippen LogP contribution in [0, 0.1) is 11.8 Å². The Hall–Kier alpha value is -3.38. The van der Waals surface area contributed by atoms with E-state index >= 15 is 0 Å². The van der Waals surface area contributed by atoms with Crippen LogP contribution >= 0.6 is 12.4 Å². The number of rotatable bonds is 13. The number of aliphatic hydroxyl groups is 1. The minimum atomic E-state index is -0.916. The molecule has 2 aromatic carbocycles. The predicted octanol–water partition coefficient (Wildman–Crippen LogP) is 4.54. The summed E-state index contributed by atoms with van der Waals surface area (Å²) in [6.45, 7) is 10.5. The molecule has 3 aliphatic rings. The molecule has 1 spiro atoms. The molecule has 0 aliphatic carbocycles. The number of hydrogen-bond acceptors (Lipinski definition) is 8. The summed E-state index contributed by atoms with van der Waals surface area (Å²) in [6.07, 6.45) is 3.25. The van der Waals surface area contributed by atoms with Crippen molar-refractivity contribution in [3.63, 3.8) is 0 Å². The minimum Gasteiger partial charge on any atom is -0.493 e. The number of amides is 3. The van der Waals surface area contributed by atoms with Gasteiger partial charge in [-0.2, -0.15) is 0 Å². The first-order valence-corrected chi connectivity index (χ1v) is 17.5. The summed E-state index contributed by atoms with van der Waals surface area (Å²) in [5.41, 5.74) is 0.722. The van der Waals surface area contributed by atoms with Gasteiger partial charge in [-0.1, -0.05) is 39.3 Å². The Bertz CT molecular complexity index is 1410. The number of carbonyl (C=O) groups is 3. The van der Waals surface area contributed by atoms with Gasteiger partial charge in [0.1, 0.15) is 17.3 Å². The molecule has 2 atom stereocenters. The highest BCUT2D eigenvalue weighted by atomic mass is 35.5. The molecule has 3 saturated heterocycles. The van der Waals surface area contributed by atoms with Crippen LogP contribution in [-0.4, -0.2) is 96.8 Å². The largest absolute Gasteiger partial charge is 0.493 e. The fraction of sp³-hybridized carbons (Fsp3) is 0.595. The number of unbranched alkanes of at least 4 members (excludes halogenated alkanes) is 1. The summed E-state index contributed by atoms with van der Waals surface area (Å²) in [5, 5.41) is 17.0. The first kappa shape index (κ1) is 38.4. The van der Waals surface area contributed by atoms with E-state index in [0.29, 0.717) is 100 Å². The van der Waals surface area contributed by atoms with Crippen molar-refractivity contribution in [3.8, 4) is 17.2 Å². The monoisotopic (exact) mass is 700 g/mol. The zero-order valence-electron chi connectivity index (χ0n) is 29.2.